The van der Waals surface area contributed by atoms with Crippen LogP contribution in [0, 0.1) is 15.5 Å². The molecule has 1 aromatic rings. The number of methoxy groups -OCH3 is 1. The second-order valence-electron chi connectivity index (χ2n) is 5.01. The minimum absolute atomic E-state index is 0.166. The monoisotopic (exact) mass is 272 g/mol. The standard InChI is InChI=1S/C12H20N2O3S/c1-12(2,6-7-17-3)9-13-8-10-4-5-11(18-10)14(15)16/h4-5,13H,6-9H2,1-3H3. The third-order valence-electron chi connectivity index (χ3n) is 2.71. The number of nitrogens with zero attached hydrogens (tertiary/aromatic N) is 1. The molecule has 18 heavy (non-hydrogen) atoms. The van der Waals surface area contributed by atoms with Gasteiger partial charge in [-0.25, -0.2) is 0 Å². The van der Waals surface area contributed by atoms with E-state index in [4.69, 9.17) is 4.74 Å². The minimum atomic E-state index is -0.351. The summed E-state index contributed by atoms with van der Waals surface area (Å²) >= 11 is 1.22. The van der Waals surface area contributed by atoms with E-state index in [1.807, 2.05) is 0 Å². The quantitative estimate of drug-likeness (QED) is 0.584. The van der Waals surface area contributed by atoms with Gasteiger partial charge >= 0.3 is 5.00 Å². The van der Waals surface area contributed by atoms with Crippen molar-refractivity contribution in [2.75, 3.05) is 20.3 Å². The van der Waals surface area contributed by atoms with Crippen LogP contribution in [-0.4, -0.2) is 25.2 Å². The molecular formula is C12H20N2O3S. The zero-order valence-electron chi connectivity index (χ0n) is 11.1. The first-order chi connectivity index (χ1) is 8.44. The fourth-order valence-electron chi connectivity index (χ4n) is 1.55. The van der Waals surface area contributed by atoms with E-state index in [9.17, 15) is 10.1 Å². The van der Waals surface area contributed by atoms with Gasteiger partial charge in [0.2, 0.25) is 0 Å². The van der Waals surface area contributed by atoms with Crippen LogP contribution in [0.25, 0.3) is 0 Å². The van der Waals surface area contributed by atoms with Crippen LogP contribution in [0.3, 0.4) is 0 Å². The van der Waals surface area contributed by atoms with E-state index >= 15 is 0 Å². The first-order valence-corrected chi connectivity index (χ1v) is 6.69. The van der Waals surface area contributed by atoms with Crippen molar-refractivity contribution >= 4 is 16.3 Å². The van der Waals surface area contributed by atoms with E-state index in [1.165, 1.54) is 11.3 Å². The third-order valence-corrected chi connectivity index (χ3v) is 3.75. The Morgan fingerprint density at radius 3 is 2.78 bits per heavy atom. The van der Waals surface area contributed by atoms with Crippen molar-refractivity contribution in [1.29, 1.82) is 0 Å². The minimum Gasteiger partial charge on any atom is -0.385 e. The lowest BCUT2D eigenvalue weighted by atomic mass is 9.90. The number of rotatable bonds is 8. The molecular weight excluding hydrogens is 252 g/mol. The van der Waals surface area contributed by atoms with Gasteiger partial charge in [0.25, 0.3) is 0 Å². The third kappa shape index (κ3) is 5.12. The van der Waals surface area contributed by atoms with Crippen LogP contribution in [0.4, 0.5) is 5.00 Å². The summed E-state index contributed by atoms with van der Waals surface area (Å²) in [7, 11) is 1.70. The van der Waals surface area contributed by atoms with Gasteiger partial charge in [-0.15, -0.1) is 0 Å². The Hall–Kier alpha value is -0.980. The van der Waals surface area contributed by atoms with Gasteiger partial charge in [-0.3, -0.25) is 10.1 Å². The van der Waals surface area contributed by atoms with Crippen molar-refractivity contribution in [3.05, 3.63) is 27.1 Å². The smallest absolute Gasteiger partial charge is 0.324 e. The number of nitro groups is 1. The van der Waals surface area contributed by atoms with Gasteiger partial charge in [0.1, 0.15) is 0 Å². The molecule has 6 heteroatoms. The van der Waals surface area contributed by atoms with Crippen LogP contribution in [0.1, 0.15) is 25.1 Å². The lowest BCUT2D eigenvalue weighted by molar-refractivity contribution is -0.380. The van der Waals surface area contributed by atoms with E-state index < -0.39 is 0 Å². The van der Waals surface area contributed by atoms with Crippen molar-refractivity contribution in [2.45, 2.75) is 26.8 Å². The number of nitrogens with one attached hydrogen (secondary N) is 1. The van der Waals surface area contributed by atoms with Crippen molar-refractivity contribution < 1.29 is 9.66 Å². The van der Waals surface area contributed by atoms with Gasteiger partial charge in [-0.1, -0.05) is 25.2 Å². The summed E-state index contributed by atoms with van der Waals surface area (Å²) in [5.74, 6) is 0. The number of ether oxygens (including phenoxy) is 1. The van der Waals surface area contributed by atoms with Gasteiger partial charge in [0.15, 0.2) is 0 Å². The summed E-state index contributed by atoms with van der Waals surface area (Å²) in [5, 5.41) is 14.1. The van der Waals surface area contributed by atoms with E-state index in [0.29, 0.717) is 6.54 Å². The van der Waals surface area contributed by atoms with Crippen LogP contribution in [0.15, 0.2) is 12.1 Å². The van der Waals surface area contributed by atoms with Gasteiger partial charge < -0.3 is 10.1 Å². The lowest BCUT2D eigenvalue weighted by Gasteiger charge is -2.24. The van der Waals surface area contributed by atoms with E-state index in [1.54, 1.807) is 19.2 Å². The highest BCUT2D eigenvalue weighted by atomic mass is 32.1. The maximum atomic E-state index is 10.5. The second-order valence-corrected chi connectivity index (χ2v) is 6.15. The molecule has 1 N–H and O–H groups in total. The van der Waals surface area contributed by atoms with Crippen LogP contribution in [0.2, 0.25) is 0 Å². The summed E-state index contributed by atoms with van der Waals surface area (Å²) in [6.07, 6.45) is 0.987. The van der Waals surface area contributed by atoms with Crippen LogP contribution in [-0.2, 0) is 11.3 Å². The number of hydrogen-bond acceptors (Lipinski definition) is 5. The molecule has 0 unspecified atom stereocenters. The van der Waals surface area contributed by atoms with Gasteiger partial charge in [0, 0.05) is 37.7 Å². The summed E-state index contributed by atoms with van der Waals surface area (Å²) in [5.41, 5.74) is 0.166. The number of hydrogen-bond donors (Lipinski definition) is 1. The molecule has 1 aromatic heterocycles. The summed E-state index contributed by atoms with van der Waals surface area (Å²) in [6.45, 7) is 6.64. The topological polar surface area (TPSA) is 64.4 Å². The molecule has 0 fully saturated rings. The molecule has 0 bridgehead atoms. The molecule has 0 saturated carbocycles. The predicted molar refractivity (Wildman–Crippen MR) is 73.0 cm³/mol. The Labute approximate surface area is 111 Å². The van der Waals surface area contributed by atoms with Gasteiger partial charge in [0.05, 0.1) is 4.92 Å². The Balaban J connectivity index is 2.34. The molecule has 1 rings (SSSR count). The van der Waals surface area contributed by atoms with Crippen molar-refractivity contribution in [1.82, 2.24) is 5.32 Å². The zero-order chi connectivity index (χ0) is 13.6. The Kier molecular flexibility index (Phi) is 5.71. The van der Waals surface area contributed by atoms with Crippen molar-refractivity contribution in [2.24, 2.45) is 5.41 Å². The Morgan fingerprint density at radius 2 is 2.22 bits per heavy atom. The Bertz CT molecular complexity index is 390. The molecule has 0 amide bonds. The molecule has 5 nitrogen and oxygen atoms in total. The van der Waals surface area contributed by atoms with Crippen molar-refractivity contribution in [3.8, 4) is 0 Å². The normalized spacial score (nSPS) is 11.7. The molecule has 0 atom stereocenters. The predicted octanol–water partition coefficient (Wildman–Crippen LogP) is 2.81. The van der Waals surface area contributed by atoms with Crippen LogP contribution >= 0.6 is 11.3 Å². The molecule has 0 saturated heterocycles. The molecule has 102 valence electrons. The summed E-state index contributed by atoms with van der Waals surface area (Å²) in [6, 6.07) is 3.36. The fraction of sp³-hybridized carbons (Fsp3) is 0.667. The van der Waals surface area contributed by atoms with Crippen molar-refractivity contribution in [3.63, 3.8) is 0 Å². The average molecular weight is 272 g/mol. The molecule has 0 aliphatic carbocycles. The average Bonchev–Trinajstić information content (AvgIpc) is 2.75. The SMILES string of the molecule is COCCC(C)(C)CNCc1ccc([N+](=O)[O-])s1. The van der Waals surface area contributed by atoms with Gasteiger partial charge in [-0.2, -0.15) is 0 Å². The second kappa shape index (κ2) is 6.82. The first-order valence-electron chi connectivity index (χ1n) is 5.87. The highest BCUT2D eigenvalue weighted by molar-refractivity contribution is 7.15. The Morgan fingerprint density at radius 1 is 1.50 bits per heavy atom. The van der Waals surface area contributed by atoms with Crippen LogP contribution in [0.5, 0.6) is 0 Å². The van der Waals surface area contributed by atoms with Crippen LogP contribution < -0.4 is 5.32 Å². The van der Waals surface area contributed by atoms with E-state index in [-0.39, 0.29) is 15.3 Å². The molecule has 0 radical (unpaired) electrons. The largest absolute Gasteiger partial charge is 0.385 e. The highest BCUT2D eigenvalue weighted by Crippen LogP contribution is 2.24. The van der Waals surface area contributed by atoms with E-state index in [2.05, 4.69) is 19.2 Å². The molecule has 0 aromatic carbocycles. The summed E-state index contributed by atoms with van der Waals surface area (Å²) < 4.78 is 5.07. The summed E-state index contributed by atoms with van der Waals surface area (Å²) in [4.78, 5) is 11.2. The number of thiophene rings is 1. The maximum Gasteiger partial charge on any atom is 0.324 e. The highest BCUT2D eigenvalue weighted by Gasteiger charge is 2.17. The van der Waals surface area contributed by atoms with Gasteiger partial charge in [-0.05, 0) is 17.9 Å². The molecule has 0 aliphatic rings. The lowest BCUT2D eigenvalue weighted by Crippen LogP contribution is -2.29. The molecule has 0 aliphatic heterocycles. The first kappa shape index (κ1) is 15.1. The zero-order valence-corrected chi connectivity index (χ0v) is 11.9. The van der Waals surface area contributed by atoms with E-state index in [0.717, 1.165) is 24.4 Å². The molecule has 1 heterocycles. The molecule has 0 spiro atoms. The fourth-order valence-corrected chi connectivity index (χ4v) is 2.34. The maximum absolute atomic E-state index is 10.5.